The standard InChI is InChI=1S/C16H24N2O.2C15H20N2O.C12H16N2O.C10H12ClNO2.C3H7N.2ClH/c1-4-5-11-18-15(19)14(17-16(18,2)3)12-13-9-7-6-8-10-13;2*1-4-10-17-14(18)13(16-15(17,2)3)11-12-8-6-5-7-9-12;1-2-8-14-12(15)11(13)9-10-6-4-3-5-7-10;1-14-10(13)9(12-11)7-8-5-3-2-4-6-8;1-2-3-4;;/h6-10,14,17H,4-5,11-12H2,1-3H3;2*4-9,13,16H,1,10-11H2,2-3H3;2-7,11H,1,8-9,13H2,(H,14,15);2-6,9,12H,7H2,1H3;2H,1,3-4H2;2*1H/t14-;;;11-;9-;;;/m0..00.../s1. The van der Waals surface area contributed by atoms with E-state index < -0.39 is 12.1 Å². The maximum Gasteiger partial charge on any atom is 0.324 e. The van der Waals surface area contributed by atoms with E-state index in [-0.39, 0.29) is 89.5 Å². The highest BCUT2D eigenvalue weighted by Crippen LogP contribution is 2.26. The fourth-order valence-corrected chi connectivity index (χ4v) is 10.2. The minimum Gasteiger partial charge on any atom is -0.468 e. The van der Waals surface area contributed by atoms with Crippen LogP contribution in [-0.4, -0.2) is 131 Å². The average Bonchev–Trinajstić information content (AvgIpc) is 4.21. The molecule has 5 aromatic rings. The zero-order valence-corrected chi connectivity index (χ0v) is 56.5. The summed E-state index contributed by atoms with van der Waals surface area (Å²) in [5.74, 6) is 0.0532. The van der Waals surface area contributed by atoms with Gasteiger partial charge in [0.1, 0.15) is 6.04 Å². The highest BCUT2D eigenvalue weighted by atomic mass is 35.5. The third-order valence-electron chi connectivity index (χ3n) is 14.6. The lowest BCUT2D eigenvalue weighted by Crippen LogP contribution is -2.47. The Hall–Kier alpha value is -6.96. The quantitative estimate of drug-likeness (QED) is 0.0185. The number of hydrogen-bond donors (Lipinski definition) is 7. The first kappa shape index (κ1) is 81.1. The van der Waals surface area contributed by atoms with Gasteiger partial charge in [0.2, 0.25) is 23.6 Å². The molecule has 90 heavy (non-hydrogen) atoms. The van der Waals surface area contributed by atoms with Crippen molar-refractivity contribution in [2.24, 2.45) is 11.5 Å². The van der Waals surface area contributed by atoms with Gasteiger partial charge in [0.25, 0.3) is 0 Å². The molecule has 0 saturated carbocycles. The summed E-state index contributed by atoms with van der Waals surface area (Å²) >= 11 is 5.44. The van der Waals surface area contributed by atoms with Crippen LogP contribution in [-0.2, 0) is 60.8 Å². The molecule has 0 aliphatic carbocycles. The highest BCUT2D eigenvalue weighted by Gasteiger charge is 2.45. The molecule has 5 aromatic carbocycles. The number of methoxy groups -OCH3 is 1. The van der Waals surface area contributed by atoms with Crippen molar-refractivity contribution in [3.8, 4) is 0 Å². The third kappa shape index (κ3) is 27.6. The summed E-state index contributed by atoms with van der Waals surface area (Å²) in [5, 5.41) is 12.9. The van der Waals surface area contributed by atoms with E-state index in [1.165, 1.54) is 23.8 Å². The van der Waals surface area contributed by atoms with E-state index in [4.69, 9.17) is 23.2 Å². The Morgan fingerprint density at radius 3 is 1.19 bits per heavy atom. The van der Waals surface area contributed by atoms with Gasteiger partial charge in [-0.1, -0.05) is 189 Å². The van der Waals surface area contributed by atoms with E-state index in [0.717, 1.165) is 49.8 Å². The van der Waals surface area contributed by atoms with Crippen molar-refractivity contribution in [1.82, 2.24) is 40.8 Å². The van der Waals surface area contributed by atoms with Gasteiger partial charge in [-0.05, 0) is 120 Å². The molecule has 9 N–H and O–H groups in total. The van der Waals surface area contributed by atoms with Gasteiger partial charge in [-0.15, -0.1) is 51.1 Å². The van der Waals surface area contributed by atoms with Crippen LogP contribution in [0.15, 0.2) is 202 Å². The summed E-state index contributed by atoms with van der Waals surface area (Å²) in [6, 6.07) is 48.4. The summed E-state index contributed by atoms with van der Waals surface area (Å²) in [6.45, 7) is 31.8. The number of halogens is 3. The molecule has 2 unspecified atom stereocenters. The predicted molar refractivity (Wildman–Crippen MR) is 374 cm³/mol. The predicted octanol–water partition coefficient (Wildman–Crippen LogP) is 9.82. The number of nitrogens with one attached hydrogen (secondary N) is 5. The van der Waals surface area contributed by atoms with Gasteiger partial charge in [-0.2, -0.15) is 0 Å². The Balaban J connectivity index is 0.000000553. The van der Waals surface area contributed by atoms with Gasteiger partial charge in [-0.3, -0.25) is 39.9 Å². The monoisotopic (exact) mass is 1290 g/mol. The number of nitrogens with zero attached hydrogens (tertiary/aromatic N) is 3. The van der Waals surface area contributed by atoms with Crippen molar-refractivity contribution in [2.45, 2.75) is 141 Å². The van der Waals surface area contributed by atoms with E-state index in [1.54, 1.807) is 24.3 Å². The van der Waals surface area contributed by atoms with Crippen LogP contribution in [0.5, 0.6) is 0 Å². The molecule has 19 heteroatoms. The zero-order valence-electron chi connectivity index (χ0n) is 54.1. The van der Waals surface area contributed by atoms with Crippen molar-refractivity contribution in [2.75, 3.05) is 39.8 Å². The summed E-state index contributed by atoms with van der Waals surface area (Å²) in [7, 11) is 1.34. The number of amides is 4. The zero-order chi connectivity index (χ0) is 65.1. The summed E-state index contributed by atoms with van der Waals surface area (Å²) in [6.07, 6.45) is 12.3. The maximum atomic E-state index is 12.5. The molecular weight excluding hydrogens is 1200 g/mol. The van der Waals surface area contributed by atoms with Crippen LogP contribution in [0.2, 0.25) is 0 Å². The van der Waals surface area contributed by atoms with Crippen molar-refractivity contribution in [3.63, 3.8) is 0 Å². The normalized spacial score (nSPS) is 17.7. The Morgan fingerprint density at radius 2 is 0.889 bits per heavy atom. The maximum absolute atomic E-state index is 12.5. The fourth-order valence-electron chi connectivity index (χ4n) is 10.1. The molecule has 16 nitrogen and oxygen atoms in total. The molecule has 3 fully saturated rings. The second-order valence-corrected chi connectivity index (χ2v) is 23.1. The molecule has 3 aliphatic rings. The lowest BCUT2D eigenvalue weighted by atomic mass is 10.1. The van der Waals surface area contributed by atoms with Gasteiger partial charge in [0.05, 0.1) is 48.3 Å². The van der Waals surface area contributed by atoms with Crippen LogP contribution in [0.1, 0.15) is 89.1 Å². The molecule has 3 heterocycles. The number of esters is 1. The second-order valence-electron chi connectivity index (χ2n) is 22.9. The summed E-state index contributed by atoms with van der Waals surface area (Å²) in [4.78, 5) is 67.8. The summed E-state index contributed by atoms with van der Waals surface area (Å²) in [5.41, 5.74) is 15.5. The smallest absolute Gasteiger partial charge is 0.324 e. The molecule has 0 spiro atoms. The molecule has 3 saturated heterocycles. The van der Waals surface area contributed by atoms with Gasteiger partial charge in [0, 0.05) is 32.7 Å². The largest absolute Gasteiger partial charge is 0.468 e. The topological polar surface area (TPSA) is 216 Å². The van der Waals surface area contributed by atoms with Crippen LogP contribution in [0, 0.1) is 0 Å². The average molecular weight is 1300 g/mol. The molecule has 0 radical (unpaired) electrons. The van der Waals surface area contributed by atoms with E-state index in [2.05, 4.69) is 114 Å². The second kappa shape index (κ2) is 42.9. The van der Waals surface area contributed by atoms with Gasteiger partial charge in [-0.25, -0.2) is 4.84 Å². The van der Waals surface area contributed by atoms with Gasteiger partial charge in [0.15, 0.2) is 0 Å². The molecule has 4 amide bonds. The summed E-state index contributed by atoms with van der Waals surface area (Å²) < 4.78 is 4.59. The van der Waals surface area contributed by atoms with Crippen LogP contribution >= 0.6 is 36.6 Å². The lowest BCUT2D eigenvalue weighted by molar-refractivity contribution is -0.142. The van der Waals surface area contributed by atoms with E-state index in [9.17, 15) is 24.0 Å². The first-order chi connectivity index (χ1) is 42.1. The number of benzene rings is 5. The number of nitrogens with two attached hydrogens (primary N) is 2. The fraction of sp³-hybridized carbons (Fsp3) is 0.394. The van der Waals surface area contributed by atoms with Crippen molar-refractivity contribution in [3.05, 3.63) is 230 Å². The molecule has 0 bridgehead atoms. The Kier molecular flexibility index (Phi) is 38.7. The number of unbranched alkanes of at least 4 members (excludes halogenated alkanes) is 1. The van der Waals surface area contributed by atoms with Crippen LogP contribution < -0.4 is 37.6 Å². The minimum atomic E-state index is -0.496. The van der Waals surface area contributed by atoms with Crippen LogP contribution in [0.4, 0.5) is 0 Å². The van der Waals surface area contributed by atoms with Gasteiger partial charge < -0.3 is 36.2 Å². The lowest BCUT2D eigenvalue weighted by Gasteiger charge is -2.31. The molecule has 492 valence electrons. The van der Waals surface area contributed by atoms with E-state index >= 15 is 0 Å². The Morgan fingerprint density at radius 1 is 0.567 bits per heavy atom. The first-order valence-corrected chi connectivity index (χ1v) is 30.5. The van der Waals surface area contributed by atoms with Crippen molar-refractivity contribution >= 4 is 66.2 Å². The van der Waals surface area contributed by atoms with Crippen LogP contribution in [0.25, 0.3) is 0 Å². The van der Waals surface area contributed by atoms with E-state index in [1.807, 2.05) is 158 Å². The number of hydrogen-bond acceptors (Lipinski definition) is 12. The Labute approximate surface area is 554 Å². The molecule has 3 aliphatic heterocycles. The first-order valence-electron chi connectivity index (χ1n) is 30.1. The van der Waals surface area contributed by atoms with Crippen molar-refractivity contribution < 1.29 is 28.7 Å². The number of ether oxygens (including phenoxy) is 1. The van der Waals surface area contributed by atoms with E-state index in [0.29, 0.717) is 39.0 Å². The number of carbonyl (C=O) groups is 5. The minimum absolute atomic E-state index is 0. The number of rotatable bonds is 23. The van der Waals surface area contributed by atoms with Gasteiger partial charge >= 0.3 is 5.97 Å². The molecule has 8 rings (SSSR count). The van der Waals surface area contributed by atoms with Crippen molar-refractivity contribution in [1.29, 1.82) is 0 Å². The molecule has 5 atom stereocenters. The van der Waals surface area contributed by atoms with Crippen LogP contribution in [0.3, 0.4) is 0 Å². The molecule has 0 aromatic heterocycles. The SMILES string of the molecule is C=CCN.C=CCN1C(=O)C(Cc2ccccc2)NC1(C)C.C=CCN1C(=O)C(Cc2ccccc2)NC1(C)C.C=CCNC(=O)[C@@H](N)Cc1ccccc1.CCCCN1C(=O)[C@H](Cc2ccccc2)NC1(C)C.COC(=O)[C@H](Cc1ccccc1)NCl.Cl.Cl. The Bertz CT molecular complexity index is 2810. The highest BCUT2D eigenvalue weighted by molar-refractivity contribution is 6.14. The third-order valence-corrected chi connectivity index (χ3v) is 14.9. The number of carbonyl (C=O) groups excluding carboxylic acids is 5. The molecular formula is C71H101Cl3N10O6.